The van der Waals surface area contributed by atoms with Crippen LogP contribution in [0.1, 0.15) is 27.2 Å². The molecule has 0 unspecified atom stereocenters. The Hall–Kier alpha value is -3.00. The molecule has 0 aliphatic heterocycles. The minimum Gasteiger partial charge on any atom is -0.324 e. The van der Waals surface area contributed by atoms with Crippen molar-refractivity contribution in [1.82, 2.24) is 24.9 Å². The molecule has 0 fully saturated rings. The van der Waals surface area contributed by atoms with Gasteiger partial charge in [-0.3, -0.25) is 4.98 Å². The average Bonchev–Trinajstić information content (AvgIpc) is 2.75. The Morgan fingerprint density at radius 2 is 1.71 bits per heavy atom. The zero-order valence-electron chi connectivity index (χ0n) is 17.5. The number of nitrogens with zero attached hydrogens (tertiary/aromatic N) is 6. The predicted molar refractivity (Wildman–Crippen MR) is 124 cm³/mol. The summed E-state index contributed by atoms with van der Waals surface area (Å²) in [5, 5.41) is 0. The lowest BCUT2D eigenvalue weighted by atomic mass is 9.92. The van der Waals surface area contributed by atoms with Gasteiger partial charge < -0.3 is 4.90 Å². The van der Waals surface area contributed by atoms with Crippen LogP contribution in [0.5, 0.6) is 0 Å². The molecule has 0 N–H and O–H groups in total. The lowest BCUT2D eigenvalue weighted by molar-refractivity contribution is 0.383. The molecule has 0 bridgehead atoms. The summed E-state index contributed by atoms with van der Waals surface area (Å²) in [6.45, 7) is 7.27. The van der Waals surface area contributed by atoms with Gasteiger partial charge in [-0.15, -0.1) is 0 Å². The first-order valence-electron chi connectivity index (χ1n) is 9.93. The third-order valence-corrected chi connectivity index (χ3v) is 5.29. The zero-order valence-corrected chi connectivity index (χ0v) is 19.1. The number of aromatic nitrogens is 5. The maximum atomic E-state index is 14.7. The van der Waals surface area contributed by atoms with E-state index < -0.39 is 5.82 Å². The van der Waals surface area contributed by atoms with Crippen LogP contribution in [0.4, 0.5) is 15.9 Å². The van der Waals surface area contributed by atoms with Crippen molar-refractivity contribution in [3.05, 3.63) is 65.4 Å². The molecule has 31 heavy (non-hydrogen) atoms. The topological polar surface area (TPSA) is 67.7 Å². The zero-order chi connectivity index (χ0) is 22.0. The van der Waals surface area contributed by atoms with Gasteiger partial charge in [0.15, 0.2) is 22.8 Å². The number of hydrogen-bond acceptors (Lipinski definition) is 6. The Kier molecular flexibility index (Phi) is 5.91. The second-order valence-corrected chi connectivity index (χ2v) is 9.31. The lowest BCUT2D eigenvalue weighted by Gasteiger charge is -2.28. The van der Waals surface area contributed by atoms with Crippen LogP contribution in [0.25, 0.3) is 22.6 Å². The number of pyridine rings is 1. The van der Waals surface area contributed by atoms with Crippen molar-refractivity contribution in [3.63, 3.8) is 0 Å². The van der Waals surface area contributed by atoms with Gasteiger partial charge in [0.25, 0.3) is 0 Å². The van der Waals surface area contributed by atoms with E-state index in [1.165, 1.54) is 6.07 Å². The van der Waals surface area contributed by atoms with Crippen LogP contribution >= 0.6 is 15.9 Å². The molecule has 0 saturated heterocycles. The second-order valence-electron chi connectivity index (χ2n) is 8.39. The van der Waals surface area contributed by atoms with Crippen LogP contribution in [0.3, 0.4) is 0 Å². The second kappa shape index (κ2) is 8.63. The van der Waals surface area contributed by atoms with Gasteiger partial charge in [-0.25, -0.2) is 24.3 Å². The highest BCUT2D eigenvalue weighted by atomic mass is 79.9. The summed E-state index contributed by atoms with van der Waals surface area (Å²) in [6, 6.07) is 8.55. The summed E-state index contributed by atoms with van der Waals surface area (Å²) in [5.74, 6) is 0.446. The summed E-state index contributed by atoms with van der Waals surface area (Å²) in [6.07, 6.45) is 7.57. The normalized spacial score (nSPS) is 11.6. The summed E-state index contributed by atoms with van der Waals surface area (Å²) in [5.41, 5.74) is 2.31. The van der Waals surface area contributed by atoms with Gasteiger partial charge in [0.2, 0.25) is 0 Å². The van der Waals surface area contributed by atoms with Crippen molar-refractivity contribution in [2.24, 2.45) is 5.41 Å². The molecule has 0 aliphatic rings. The molecule has 3 heterocycles. The lowest BCUT2D eigenvalue weighted by Crippen LogP contribution is -2.24. The van der Waals surface area contributed by atoms with Gasteiger partial charge in [0, 0.05) is 41.5 Å². The van der Waals surface area contributed by atoms with Crippen molar-refractivity contribution in [2.75, 3.05) is 11.4 Å². The van der Waals surface area contributed by atoms with Gasteiger partial charge in [0.1, 0.15) is 5.82 Å². The highest BCUT2D eigenvalue weighted by Gasteiger charge is 2.22. The minimum atomic E-state index is -0.400. The molecule has 0 amide bonds. The van der Waals surface area contributed by atoms with E-state index in [0.717, 1.165) is 16.6 Å². The van der Waals surface area contributed by atoms with Gasteiger partial charge in [-0.1, -0.05) is 36.7 Å². The maximum absolute atomic E-state index is 14.7. The van der Waals surface area contributed by atoms with Gasteiger partial charge in [0.05, 0.1) is 5.56 Å². The number of fused-ring (bicyclic) bond motifs is 1. The maximum Gasteiger partial charge on any atom is 0.184 e. The molecule has 3 aromatic heterocycles. The Bertz CT molecular complexity index is 1210. The number of rotatable bonds is 5. The van der Waals surface area contributed by atoms with Crippen molar-refractivity contribution in [1.29, 1.82) is 0 Å². The molecule has 0 saturated carbocycles. The summed E-state index contributed by atoms with van der Waals surface area (Å²) in [7, 11) is 0. The Morgan fingerprint density at radius 1 is 0.968 bits per heavy atom. The number of anilines is 2. The molecule has 0 radical (unpaired) electrons. The molecule has 1 aromatic carbocycles. The standard InChI is InChI=1S/C23H22BrFN6/c1-23(2,3)8-13-31(16-6-9-26-10-7-16)22-19-21(28-12-11-27-19)29-20(30-22)17-14-15(24)4-5-18(17)25/h4-7,9-12,14H,8,13H2,1-3H3. The SMILES string of the molecule is CC(C)(C)CCN(c1ccncc1)c1nc(-c2cc(Br)ccc2F)nc2nccnc12. The molecule has 8 heteroatoms. The fourth-order valence-corrected chi connectivity index (χ4v) is 3.52. The largest absolute Gasteiger partial charge is 0.324 e. The molecule has 0 aliphatic carbocycles. The highest BCUT2D eigenvalue weighted by Crippen LogP contribution is 2.33. The van der Waals surface area contributed by atoms with Gasteiger partial charge >= 0.3 is 0 Å². The predicted octanol–water partition coefficient (Wildman–Crippen LogP) is 5.96. The molecular formula is C23H22BrFN6. The molecule has 6 nitrogen and oxygen atoms in total. The molecule has 0 spiro atoms. The first-order chi connectivity index (χ1) is 14.8. The smallest absolute Gasteiger partial charge is 0.184 e. The molecular weight excluding hydrogens is 459 g/mol. The quantitative estimate of drug-likeness (QED) is 0.351. The van der Waals surface area contributed by atoms with Crippen LogP contribution in [0, 0.1) is 11.2 Å². The van der Waals surface area contributed by atoms with E-state index in [0.29, 0.717) is 29.1 Å². The van der Waals surface area contributed by atoms with Crippen LogP contribution in [-0.2, 0) is 0 Å². The summed E-state index contributed by atoms with van der Waals surface area (Å²) >= 11 is 3.41. The monoisotopic (exact) mass is 480 g/mol. The summed E-state index contributed by atoms with van der Waals surface area (Å²) < 4.78 is 15.4. The van der Waals surface area contributed by atoms with Crippen LogP contribution in [0.15, 0.2) is 59.6 Å². The van der Waals surface area contributed by atoms with Crippen molar-refractivity contribution in [3.8, 4) is 11.4 Å². The number of benzene rings is 1. The molecule has 0 atom stereocenters. The average molecular weight is 481 g/mol. The van der Waals surface area contributed by atoms with E-state index in [1.807, 2.05) is 12.1 Å². The minimum absolute atomic E-state index is 0.110. The van der Waals surface area contributed by atoms with Crippen molar-refractivity contribution >= 4 is 38.6 Å². The third-order valence-electron chi connectivity index (χ3n) is 4.80. The van der Waals surface area contributed by atoms with Crippen LogP contribution < -0.4 is 4.90 Å². The highest BCUT2D eigenvalue weighted by molar-refractivity contribution is 9.10. The van der Waals surface area contributed by atoms with Gasteiger partial charge in [-0.2, -0.15) is 0 Å². The first-order valence-corrected chi connectivity index (χ1v) is 10.7. The number of halogens is 2. The van der Waals surface area contributed by atoms with E-state index in [1.54, 1.807) is 36.9 Å². The Morgan fingerprint density at radius 3 is 2.45 bits per heavy atom. The number of hydrogen-bond donors (Lipinski definition) is 0. The third kappa shape index (κ3) is 4.85. The van der Waals surface area contributed by atoms with Crippen LogP contribution in [0.2, 0.25) is 0 Å². The first kappa shape index (κ1) is 21.2. The van der Waals surface area contributed by atoms with E-state index in [4.69, 9.17) is 4.98 Å². The molecule has 4 aromatic rings. The van der Waals surface area contributed by atoms with Crippen molar-refractivity contribution < 1.29 is 4.39 Å². The van der Waals surface area contributed by atoms with E-state index in [-0.39, 0.29) is 11.2 Å². The van der Waals surface area contributed by atoms with E-state index >= 15 is 0 Å². The fraction of sp³-hybridized carbons (Fsp3) is 0.261. The summed E-state index contributed by atoms with van der Waals surface area (Å²) in [4.78, 5) is 24.4. The molecule has 4 rings (SSSR count). The van der Waals surface area contributed by atoms with E-state index in [2.05, 4.69) is 61.5 Å². The Labute approximate surface area is 188 Å². The molecule has 158 valence electrons. The van der Waals surface area contributed by atoms with Crippen molar-refractivity contribution in [2.45, 2.75) is 27.2 Å². The van der Waals surface area contributed by atoms with E-state index in [9.17, 15) is 4.39 Å². The fourth-order valence-electron chi connectivity index (χ4n) is 3.15. The Balaban J connectivity index is 1.93. The van der Waals surface area contributed by atoms with Crippen LogP contribution in [-0.4, -0.2) is 31.5 Å². The van der Waals surface area contributed by atoms with Gasteiger partial charge in [-0.05, 0) is 42.2 Å².